The third-order valence-corrected chi connectivity index (χ3v) is 5.08. The molecular formula is C21H28N2S2. The lowest BCUT2D eigenvalue weighted by Crippen LogP contribution is -2.17. The summed E-state index contributed by atoms with van der Waals surface area (Å²) in [6.45, 7) is 15.2. The number of thiocarbonyl (C=S) groups is 1. The molecule has 1 aromatic heterocycles. The average molecular weight is 373 g/mol. The minimum absolute atomic E-state index is 0.0781. The summed E-state index contributed by atoms with van der Waals surface area (Å²) in [7, 11) is 0. The molecule has 0 radical (unpaired) electrons. The van der Waals surface area contributed by atoms with Crippen LogP contribution in [0.2, 0.25) is 0 Å². The Labute approximate surface area is 161 Å². The summed E-state index contributed by atoms with van der Waals surface area (Å²) in [5.74, 6) is 0. The van der Waals surface area contributed by atoms with E-state index in [1.54, 1.807) is 11.8 Å². The van der Waals surface area contributed by atoms with Crippen molar-refractivity contribution >= 4 is 34.0 Å². The van der Waals surface area contributed by atoms with Crippen molar-refractivity contribution in [2.45, 2.75) is 58.6 Å². The van der Waals surface area contributed by atoms with Crippen LogP contribution in [-0.4, -0.2) is 14.1 Å². The number of thioether (sulfide) groups is 1. The van der Waals surface area contributed by atoms with E-state index in [0.717, 1.165) is 21.3 Å². The van der Waals surface area contributed by atoms with Gasteiger partial charge in [0.15, 0.2) is 0 Å². The van der Waals surface area contributed by atoms with E-state index >= 15 is 0 Å². The second-order valence-corrected chi connectivity index (χ2v) is 10.8. The number of rotatable bonds is 2. The summed E-state index contributed by atoms with van der Waals surface area (Å²) >= 11 is 7.21. The molecule has 0 amide bonds. The van der Waals surface area contributed by atoms with Crippen LogP contribution in [0.4, 0.5) is 5.69 Å². The van der Waals surface area contributed by atoms with Crippen molar-refractivity contribution in [3.63, 3.8) is 0 Å². The first-order chi connectivity index (χ1) is 11.5. The summed E-state index contributed by atoms with van der Waals surface area (Å²) < 4.78 is 0.852. The van der Waals surface area contributed by atoms with Gasteiger partial charge in [0.2, 0.25) is 0 Å². The van der Waals surface area contributed by atoms with Gasteiger partial charge in [-0.2, -0.15) is 0 Å². The topological polar surface area (TPSA) is 24.9 Å². The van der Waals surface area contributed by atoms with Gasteiger partial charge in [0.05, 0.1) is 11.4 Å². The van der Waals surface area contributed by atoms with E-state index < -0.39 is 0 Å². The lowest BCUT2D eigenvalue weighted by Gasteiger charge is -2.21. The number of nitrogens with one attached hydrogen (secondary N) is 1. The number of hydrogen-bond acceptors (Lipinski definition) is 3. The molecule has 0 aliphatic rings. The van der Waals surface area contributed by atoms with E-state index in [1.165, 1.54) is 11.1 Å². The Kier molecular flexibility index (Phi) is 5.95. The Morgan fingerprint density at radius 1 is 1.00 bits per heavy atom. The zero-order chi connectivity index (χ0) is 18.8. The van der Waals surface area contributed by atoms with Crippen LogP contribution in [0.1, 0.15) is 52.8 Å². The van der Waals surface area contributed by atoms with Gasteiger partial charge in [-0.15, -0.1) is 0 Å². The van der Waals surface area contributed by atoms with E-state index in [2.05, 4.69) is 76.1 Å². The van der Waals surface area contributed by atoms with Crippen LogP contribution in [0.3, 0.4) is 0 Å². The van der Waals surface area contributed by atoms with Crippen LogP contribution in [0, 0.1) is 6.92 Å². The number of hydrogen-bond donors (Lipinski definition) is 1. The molecule has 0 aliphatic heterocycles. The highest BCUT2D eigenvalue weighted by molar-refractivity contribution is 8.24. The average Bonchev–Trinajstić information content (AvgIpc) is 2.47. The van der Waals surface area contributed by atoms with Crippen molar-refractivity contribution in [2.75, 3.05) is 5.32 Å². The third-order valence-electron chi connectivity index (χ3n) is 3.83. The van der Waals surface area contributed by atoms with E-state index in [0.29, 0.717) is 0 Å². The Morgan fingerprint density at radius 2 is 1.60 bits per heavy atom. The Morgan fingerprint density at radius 3 is 2.12 bits per heavy atom. The van der Waals surface area contributed by atoms with Crippen LogP contribution in [0.25, 0.3) is 11.1 Å². The minimum atomic E-state index is 0.0781. The lowest BCUT2D eigenvalue weighted by atomic mass is 9.86. The number of aryl methyl sites for hydroxylation is 1. The van der Waals surface area contributed by atoms with Crippen LogP contribution in [0.15, 0.2) is 36.5 Å². The maximum atomic E-state index is 5.55. The smallest absolute Gasteiger partial charge is 0.138 e. The number of nitrogens with zero attached hydrogens (tertiary/aromatic N) is 1. The first kappa shape index (κ1) is 19.9. The molecule has 2 aromatic rings. The second kappa shape index (κ2) is 7.46. The molecule has 0 atom stereocenters. The van der Waals surface area contributed by atoms with Crippen molar-refractivity contribution < 1.29 is 0 Å². The number of anilines is 1. The maximum absolute atomic E-state index is 5.55. The Balaban J connectivity index is 2.36. The third kappa shape index (κ3) is 5.55. The van der Waals surface area contributed by atoms with Gasteiger partial charge in [-0.3, -0.25) is 4.98 Å². The zero-order valence-electron chi connectivity index (χ0n) is 16.2. The number of benzene rings is 1. The summed E-state index contributed by atoms with van der Waals surface area (Å²) in [5, 5.41) is 3.41. The fourth-order valence-electron chi connectivity index (χ4n) is 2.52. The summed E-state index contributed by atoms with van der Waals surface area (Å²) in [4.78, 5) is 4.44. The summed E-state index contributed by atoms with van der Waals surface area (Å²) in [6, 6.07) is 10.8. The normalized spacial score (nSPS) is 12.1. The fraction of sp³-hybridized carbons (Fsp3) is 0.429. The molecule has 1 aromatic carbocycles. The van der Waals surface area contributed by atoms with E-state index in [4.69, 9.17) is 12.2 Å². The molecule has 2 nitrogen and oxygen atoms in total. The molecule has 0 saturated heterocycles. The van der Waals surface area contributed by atoms with Gasteiger partial charge in [0, 0.05) is 16.5 Å². The highest BCUT2D eigenvalue weighted by atomic mass is 32.2. The van der Waals surface area contributed by atoms with Crippen LogP contribution in [-0.2, 0) is 5.41 Å². The predicted octanol–water partition coefficient (Wildman–Crippen LogP) is 6.58. The molecule has 1 N–H and O–H groups in total. The molecule has 25 heavy (non-hydrogen) atoms. The quantitative estimate of drug-likeness (QED) is 0.602. The molecule has 0 saturated carbocycles. The van der Waals surface area contributed by atoms with Crippen LogP contribution >= 0.6 is 24.0 Å². The molecule has 1 heterocycles. The fourth-order valence-corrected chi connectivity index (χ4v) is 4.08. The second-order valence-electron chi connectivity index (χ2n) is 8.27. The molecule has 0 fully saturated rings. The Bertz CT molecular complexity index is 751. The van der Waals surface area contributed by atoms with Crippen LogP contribution < -0.4 is 5.32 Å². The molecule has 0 unspecified atom stereocenters. The van der Waals surface area contributed by atoms with E-state index in [1.807, 2.05) is 19.2 Å². The van der Waals surface area contributed by atoms with Gasteiger partial charge in [0.1, 0.15) is 4.32 Å². The first-order valence-electron chi connectivity index (χ1n) is 8.54. The lowest BCUT2D eigenvalue weighted by molar-refractivity contribution is 0.590. The molecule has 4 heteroatoms. The molecule has 2 rings (SSSR count). The van der Waals surface area contributed by atoms with E-state index in [9.17, 15) is 0 Å². The van der Waals surface area contributed by atoms with Crippen molar-refractivity contribution in [2.24, 2.45) is 0 Å². The SMILES string of the molecule is Cc1nccc(-c2ccc(C(C)(C)C)cc2)c1NC(=S)SC(C)(C)C. The molecule has 0 spiro atoms. The van der Waals surface area contributed by atoms with Gasteiger partial charge in [-0.25, -0.2) is 0 Å². The first-order valence-corrected chi connectivity index (χ1v) is 9.76. The number of pyridine rings is 1. The van der Waals surface area contributed by atoms with Crippen molar-refractivity contribution in [3.8, 4) is 11.1 Å². The van der Waals surface area contributed by atoms with Crippen molar-refractivity contribution in [1.29, 1.82) is 0 Å². The van der Waals surface area contributed by atoms with Gasteiger partial charge < -0.3 is 5.32 Å². The van der Waals surface area contributed by atoms with Crippen molar-refractivity contribution in [1.82, 2.24) is 4.98 Å². The monoisotopic (exact) mass is 372 g/mol. The molecule has 0 bridgehead atoms. The summed E-state index contributed by atoms with van der Waals surface area (Å²) in [5.41, 5.74) is 5.73. The molecular weight excluding hydrogens is 344 g/mol. The molecule has 134 valence electrons. The largest absolute Gasteiger partial charge is 0.339 e. The van der Waals surface area contributed by atoms with Gasteiger partial charge in [-0.05, 0) is 29.5 Å². The standard InChI is InChI=1S/C21H28N2S2/c1-14-18(23-19(24)25-21(5,6)7)17(12-13-22-14)15-8-10-16(11-9-15)20(2,3)4/h8-13H,1-7H3,(H,23,24). The highest BCUT2D eigenvalue weighted by Crippen LogP contribution is 2.33. The Hall–Kier alpha value is -1.39. The van der Waals surface area contributed by atoms with Crippen molar-refractivity contribution in [3.05, 3.63) is 47.8 Å². The van der Waals surface area contributed by atoms with Gasteiger partial charge in [0.25, 0.3) is 0 Å². The summed E-state index contributed by atoms with van der Waals surface area (Å²) in [6.07, 6.45) is 1.85. The zero-order valence-corrected chi connectivity index (χ0v) is 17.9. The van der Waals surface area contributed by atoms with Crippen LogP contribution in [0.5, 0.6) is 0 Å². The minimum Gasteiger partial charge on any atom is -0.339 e. The van der Waals surface area contributed by atoms with E-state index in [-0.39, 0.29) is 10.2 Å². The van der Waals surface area contributed by atoms with Gasteiger partial charge in [-0.1, -0.05) is 89.8 Å². The number of aromatic nitrogens is 1. The van der Waals surface area contributed by atoms with Gasteiger partial charge >= 0.3 is 0 Å². The predicted molar refractivity (Wildman–Crippen MR) is 117 cm³/mol. The highest BCUT2D eigenvalue weighted by Gasteiger charge is 2.17. The maximum Gasteiger partial charge on any atom is 0.138 e. The molecule has 0 aliphatic carbocycles.